The molecule has 1 saturated heterocycles. The predicted octanol–water partition coefficient (Wildman–Crippen LogP) is 2.30. The largest absolute Gasteiger partial charge is 0.496 e. The van der Waals surface area contributed by atoms with Gasteiger partial charge < -0.3 is 14.4 Å². The number of hydrogen-bond donors (Lipinski definition) is 0. The molecule has 2 aromatic carbocycles. The topological polar surface area (TPSA) is 76.2 Å². The van der Waals surface area contributed by atoms with Gasteiger partial charge in [-0.05, 0) is 30.7 Å². The van der Waals surface area contributed by atoms with Crippen LogP contribution in [-0.2, 0) is 21.3 Å². The first-order chi connectivity index (χ1) is 14.9. The van der Waals surface area contributed by atoms with Crippen LogP contribution in [0.3, 0.4) is 0 Å². The highest BCUT2D eigenvalue weighted by Crippen LogP contribution is 2.27. The average Bonchev–Trinajstić information content (AvgIpc) is 2.79. The summed E-state index contributed by atoms with van der Waals surface area (Å²) in [7, 11) is -2.32. The van der Waals surface area contributed by atoms with Crippen LogP contribution in [0.1, 0.15) is 21.5 Å². The number of methoxy groups -OCH3 is 1. The molecule has 0 unspecified atom stereocenters. The van der Waals surface area contributed by atoms with Crippen molar-refractivity contribution in [3.63, 3.8) is 0 Å². The highest BCUT2D eigenvalue weighted by molar-refractivity contribution is 7.89. The maximum atomic E-state index is 13.4. The lowest BCUT2D eigenvalue weighted by atomic mass is 10.1. The zero-order chi connectivity index (χ0) is 22.4. The Morgan fingerprint density at radius 2 is 1.87 bits per heavy atom. The van der Waals surface area contributed by atoms with Gasteiger partial charge in [-0.1, -0.05) is 35.7 Å². The van der Waals surface area contributed by atoms with E-state index in [1.165, 1.54) is 34.5 Å². The van der Waals surface area contributed by atoms with E-state index in [0.717, 1.165) is 11.1 Å². The van der Waals surface area contributed by atoms with Crippen LogP contribution in [0.15, 0.2) is 47.4 Å². The average molecular weight is 443 g/mol. The molecule has 0 bridgehead atoms. The first-order valence-corrected chi connectivity index (χ1v) is 11.3. The molecule has 1 amide bonds. The molecule has 1 aliphatic heterocycles. The van der Waals surface area contributed by atoms with Crippen molar-refractivity contribution in [1.29, 1.82) is 0 Å². The van der Waals surface area contributed by atoms with E-state index in [-0.39, 0.29) is 35.8 Å². The van der Waals surface area contributed by atoms with Crippen LogP contribution in [0.2, 0.25) is 0 Å². The van der Waals surface area contributed by atoms with Crippen molar-refractivity contribution in [2.75, 3.05) is 40.0 Å². The Bertz CT molecular complexity index is 1070. The molecule has 2 aromatic rings. The molecule has 0 spiro atoms. The van der Waals surface area contributed by atoms with Gasteiger partial charge >= 0.3 is 0 Å². The second kappa shape index (κ2) is 9.96. The second-order valence-electron chi connectivity index (χ2n) is 7.23. The SMILES string of the molecule is C#CCN(Cc1ccc(C)cc1)C(=O)c1cc(S(=O)(=O)N2CCOCC2)ccc1OC. The van der Waals surface area contributed by atoms with Crippen LogP contribution >= 0.6 is 0 Å². The molecule has 0 atom stereocenters. The number of carbonyl (C=O) groups is 1. The molecule has 0 aromatic heterocycles. The molecule has 1 aliphatic rings. The molecule has 1 fully saturated rings. The van der Waals surface area contributed by atoms with Crippen molar-refractivity contribution in [3.05, 3.63) is 59.2 Å². The normalized spacial score (nSPS) is 14.6. The number of terminal acetylenes is 1. The molecular weight excluding hydrogens is 416 g/mol. The number of sulfonamides is 1. The first-order valence-electron chi connectivity index (χ1n) is 9.91. The standard InChI is InChI=1S/C23H26N2O5S/c1-4-11-24(17-19-7-5-18(2)6-8-19)23(26)21-16-20(9-10-22(21)29-3)31(27,28)25-12-14-30-15-13-25/h1,5-10,16H,11-15,17H2,2-3H3. The molecule has 7 nitrogen and oxygen atoms in total. The molecule has 1 heterocycles. The van der Waals surface area contributed by atoms with Gasteiger partial charge in [-0.25, -0.2) is 8.42 Å². The lowest BCUT2D eigenvalue weighted by molar-refractivity contribution is 0.0729. The van der Waals surface area contributed by atoms with Crippen LogP contribution in [0, 0.1) is 19.3 Å². The van der Waals surface area contributed by atoms with E-state index >= 15 is 0 Å². The van der Waals surface area contributed by atoms with Gasteiger partial charge in [0, 0.05) is 19.6 Å². The van der Waals surface area contributed by atoms with Crippen molar-refractivity contribution < 1.29 is 22.7 Å². The number of morpholine rings is 1. The summed E-state index contributed by atoms with van der Waals surface area (Å²) in [5, 5.41) is 0. The lowest BCUT2D eigenvalue weighted by Gasteiger charge is -2.26. The molecule has 0 radical (unpaired) electrons. The molecule has 0 N–H and O–H groups in total. The zero-order valence-corrected chi connectivity index (χ0v) is 18.5. The van der Waals surface area contributed by atoms with Crippen LogP contribution in [-0.4, -0.2) is 63.5 Å². The van der Waals surface area contributed by atoms with E-state index in [0.29, 0.717) is 19.8 Å². The Hall–Kier alpha value is -2.86. The Kier molecular flexibility index (Phi) is 7.33. The van der Waals surface area contributed by atoms with Gasteiger partial charge in [0.1, 0.15) is 5.75 Å². The van der Waals surface area contributed by atoms with Gasteiger partial charge in [0.05, 0.1) is 37.3 Å². The van der Waals surface area contributed by atoms with Crippen molar-refractivity contribution in [2.45, 2.75) is 18.4 Å². The van der Waals surface area contributed by atoms with E-state index in [9.17, 15) is 13.2 Å². The molecule has 0 aliphatic carbocycles. The summed E-state index contributed by atoms with van der Waals surface area (Å²) in [6, 6.07) is 12.1. The molecular formula is C23H26N2O5S. The summed E-state index contributed by atoms with van der Waals surface area (Å²) in [6.45, 7) is 3.59. The fourth-order valence-corrected chi connectivity index (χ4v) is 4.78. The van der Waals surface area contributed by atoms with Crippen molar-refractivity contribution in [1.82, 2.24) is 9.21 Å². The summed E-state index contributed by atoms with van der Waals surface area (Å²) in [5.74, 6) is 2.40. The van der Waals surface area contributed by atoms with E-state index in [2.05, 4.69) is 5.92 Å². The third-order valence-corrected chi connectivity index (χ3v) is 6.97. The van der Waals surface area contributed by atoms with Gasteiger partial charge in [-0.3, -0.25) is 4.79 Å². The van der Waals surface area contributed by atoms with Crippen molar-refractivity contribution >= 4 is 15.9 Å². The summed E-state index contributed by atoms with van der Waals surface area (Å²) in [4.78, 5) is 14.9. The van der Waals surface area contributed by atoms with E-state index < -0.39 is 15.9 Å². The van der Waals surface area contributed by atoms with Gasteiger partial charge in [0.25, 0.3) is 5.91 Å². The number of carbonyl (C=O) groups excluding carboxylic acids is 1. The number of amides is 1. The summed E-state index contributed by atoms with van der Waals surface area (Å²) in [5.41, 5.74) is 2.19. The number of rotatable bonds is 7. The summed E-state index contributed by atoms with van der Waals surface area (Å²) >= 11 is 0. The number of ether oxygens (including phenoxy) is 2. The molecule has 0 saturated carbocycles. The molecule has 3 rings (SSSR count). The number of nitrogens with zero attached hydrogens (tertiary/aromatic N) is 2. The highest BCUT2D eigenvalue weighted by atomic mass is 32.2. The third-order valence-electron chi connectivity index (χ3n) is 5.07. The summed E-state index contributed by atoms with van der Waals surface area (Å²) in [6.07, 6.45) is 5.50. The summed E-state index contributed by atoms with van der Waals surface area (Å²) < 4.78 is 38.1. The minimum absolute atomic E-state index is 0.0366. The van der Waals surface area contributed by atoms with Crippen molar-refractivity contribution in [3.8, 4) is 18.1 Å². The van der Waals surface area contributed by atoms with Crippen molar-refractivity contribution in [2.24, 2.45) is 0 Å². The van der Waals surface area contributed by atoms with E-state index in [1.807, 2.05) is 31.2 Å². The monoisotopic (exact) mass is 442 g/mol. The minimum Gasteiger partial charge on any atom is -0.496 e. The second-order valence-corrected chi connectivity index (χ2v) is 9.17. The van der Waals surface area contributed by atoms with E-state index in [1.54, 1.807) is 0 Å². The predicted molar refractivity (Wildman–Crippen MR) is 117 cm³/mol. The smallest absolute Gasteiger partial charge is 0.258 e. The zero-order valence-electron chi connectivity index (χ0n) is 17.7. The number of hydrogen-bond acceptors (Lipinski definition) is 5. The Labute approximate surface area is 183 Å². The van der Waals surface area contributed by atoms with Gasteiger partial charge in [0.15, 0.2) is 0 Å². The van der Waals surface area contributed by atoms with Crippen LogP contribution in [0.25, 0.3) is 0 Å². The fraction of sp³-hybridized carbons (Fsp3) is 0.348. The van der Waals surface area contributed by atoms with Crippen LogP contribution < -0.4 is 4.74 Å². The molecule has 164 valence electrons. The first kappa shape index (κ1) is 22.8. The van der Waals surface area contributed by atoms with Gasteiger partial charge in [0.2, 0.25) is 10.0 Å². The minimum atomic E-state index is -3.76. The van der Waals surface area contributed by atoms with Gasteiger partial charge in [-0.15, -0.1) is 6.42 Å². The maximum absolute atomic E-state index is 13.4. The Balaban J connectivity index is 1.94. The fourth-order valence-electron chi connectivity index (χ4n) is 3.34. The lowest BCUT2D eigenvalue weighted by Crippen LogP contribution is -2.40. The third kappa shape index (κ3) is 5.25. The Morgan fingerprint density at radius 3 is 2.48 bits per heavy atom. The maximum Gasteiger partial charge on any atom is 0.258 e. The van der Waals surface area contributed by atoms with Gasteiger partial charge in [-0.2, -0.15) is 4.31 Å². The molecule has 8 heteroatoms. The van der Waals surface area contributed by atoms with Crippen LogP contribution in [0.4, 0.5) is 0 Å². The van der Waals surface area contributed by atoms with E-state index in [4.69, 9.17) is 15.9 Å². The highest BCUT2D eigenvalue weighted by Gasteiger charge is 2.29. The number of aryl methyl sites for hydroxylation is 1. The molecule has 31 heavy (non-hydrogen) atoms. The quantitative estimate of drug-likeness (QED) is 0.615. The Morgan fingerprint density at radius 1 is 1.19 bits per heavy atom. The van der Waals surface area contributed by atoms with Crippen LogP contribution in [0.5, 0.6) is 5.75 Å². The number of benzene rings is 2.